The van der Waals surface area contributed by atoms with Crippen molar-refractivity contribution in [2.75, 3.05) is 39.3 Å². The quantitative estimate of drug-likeness (QED) is 0.844. The first-order valence-electron chi connectivity index (χ1n) is 7.24. The van der Waals surface area contributed by atoms with Gasteiger partial charge in [0.05, 0.1) is 17.7 Å². The summed E-state index contributed by atoms with van der Waals surface area (Å²) in [6.07, 6.45) is 0.252. The van der Waals surface area contributed by atoms with Crippen molar-refractivity contribution in [3.8, 4) is 5.75 Å². The number of hydrogen-bond acceptors (Lipinski definition) is 4. The lowest BCUT2D eigenvalue weighted by molar-refractivity contribution is 0.136. The lowest BCUT2D eigenvalue weighted by Gasteiger charge is -2.28. The van der Waals surface area contributed by atoms with Gasteiger partial charge in [0.1, 0.15) is 5.75 Å². The highest BCUT2D eigenvalue weighted by Crippen LogP contribution is 2.29. The summed E-state index contributed by atoms with van der Waals surface area (Å²) < 4.78 is 5.40. The van der Waals surface area contributed by atoms with Gasteiger partial charge in [-0.15, -0.1) is 0 Å². The molecule has 0 spiro atoms. The van der Waals surface area contributed by atoms with Gasteiger partial charge in [-0.2, -0.15) is 0 Å². The van der Waals surface area contributed by atoms with Crippen molar-refractivity contribution in [3.63, 3.8) is 0 Å². The average molecular weight is 299 g/mol. The number of aliphatic hydroxyl groups excluding tert-OH is 1. The minimum Gasteiger partial charge on any atom is -0.492 e. The molecule has 2 rings (SSSR count). The van der Waals surface area contributed by atoms with E-state index in [2.05, 4.69) is 10.2 Å². The van der Waals surface area contributed by atoms with Crippen LogP contribution in [0.4, 0.5) is 0 Å². The van der Waals surface area contributed by atoms with E-state index < -0.39 is 6.10 Å². The number of halogens is 1. The minimum absolute atomic E-state index is 0.474. The molecule has 1 unspecified atom stereocenters. The molecule has 5 heteroatoms. The molecule has 1 aromatic carbocycles. The molecule has 0 aromatic heterocycles. The highest BCUT2D eigenvalue weighted by molar-refractivity contribution is 6.32. The maximum Gasteiger partial charge on any atom is 0.137 e. The molecule has 20 heavy (non-hydrogen) atoms. The van der Waals surface area contributed by atoms with Crippen molar-refractivity contribution in [1.29, 1.82) is 0 Å². The van der Waals surface area contributed by atoms with Gasteiger partial charge in [-0.05, 0) is 31.0 Å². The average Bonchev–Trinajstić information content (AvgIpc) is 2.48. The molecule has 4 nitrogen and oxygen atoms in total. The van der Waals surface area contributed by atoms with Gasteiger partial charge < -0.3 is 20.1 Å². The van der Waals surface area contributed by atoms with Crippen LogP contribution >= 0.6 is 11.6 Å². The fourth-order valence-corrected chi connectivity index (χ4v) is 2.65. The highest BCUT2D eigenvalue weighted by atomic mass is 35.5. The Morgan fingerprint density at radius 2 is 2.15 bits per heavy atom. The van der Waals surface area contributed by atoms with Gasteiger partial charge in [-0.3, -0.25) is 0 Å². The summed E-state index contributed by atoms with van der Waals surface area (Å²) in [6.45, 7) is 7.59. The monoisotopic (exact) mass is 298 g/mol. The Hall–Kier alpha value is -0.810. The van der Waals surface area contributed by atoms with E-state index in [1.165, 1.54) is 0 Å². The molecule has 112 valence electrons. The standard InChI is InChI=1S/C15H23ClN2O2/c1-2-20-15-4-3-12(11-13(15)16)14(19)5-8-18-9-6-17-7-10-18/h3-4,11,14,17,19H,2,5-10H2,1H3. The van der Waals surface area contributed by atoms with Crippen molar-refractivity contribution in [1.82, 2.24) is 10.2 Å². The fourth-order valence-electron chi connectivity index (χ4n) is 2.40. The first kappa shape index (κ1) is 15.6. The molecule has 2 N–H and O–H groups in total. The summed E-state index contributed by atoms with van der Waals surface area (Å²) in [6, 6.07) is 5.52. The van der Waals surface area contributed by atoms with Crippen LogP contribution in [-0.4, -0.2) is 49.3 Å². The maximum absolute atomic E-state index is 10.3. The Morgan fingerprint density at radius 3 is 2.80 bits per heavy atom. The van der Waals surface area contributed by atoms with Crippen molar-refractivity contribution >= 4 is 11.6 Å². The number of piperazine rings is 1. The number of hydrogen-bond donors (Lipinski definition) is 2. The van der Waals surface area contributed by atoms with Crippen LogP contribution in [0.25, 0.3) is 0 Å². The van der Waals surface area contributed by atoms with Gasteiger partial charge >= 0.3 is 0 Å². The molecular formula is C15H23ClN2O2. The molecule has 1 atom stereocenters. The summed E-state index contributed by atoms with van der Waals surface area (Å²) in [7, 11) is 0. The highest BCUT2D eigenvalue weighted by Gasteiger charge is 2.14. The van der Waals surface area contributed by atoms with Gasteiger partial charge in [0.2, 0.25) is 0 Å². The van der Waals surface area contributed by atoms with E-state index in [9.17, 15) is 5.11 Å². The van der Waals surface area contributed by atoms with Gasteiger partial charge in [0, 0.05) is 32.7 Å². The summed E-state index contributed by atoms with van der Waals surface area (Å²) in [5.41, 5.74) is 0.855. The van der Waals surface area contributed by atoms with E-state index in [-0.39, 0.29) is 0 Å². The van der Waals surface area contributed by atoms with Crippen molar-refractivity contribution in [2.24, 2.45) is 0 Å². The second kappa shape index (κ2) is 7.84. The molecule has 1 saturated heterocycles. The lowest BCUT2D eigenvalue weighted by atomic mass is 10.1. The van der Waals surface area contributed by atoms with Gasteiger partial charge in [-0.1, -0.05) is 17.7 Å². The second-order valence-electron chi connectivity index (χ2n) is 5.02. The van der Waals surface area contributed by atoms with Crippen LogP contribution in [0.15, 0.2) is 18.2 Å². The Kier molecular flexibility index (Phi) is 6.10. The Balaban J connectivity index is 1.88. The van der Waals surface area contributed by atoms with Crippen molar-refractivity contribution in [2.45, 2.75) is 19.4 Å². The Morgan fingerprint density at radius 1 is 1.40 bits per heavy atom. The molecule has 1 aliphatic heterocycles. The normalized spacial score (nSPS) is 17.9. The van der Waals surface area contributed by atoms with Crippen molar-refractivity contribution < 1.29 is 9.84 Å². The van der Waals surface area contributed by atoms with E-state index in [0.29, 0.717) is 17.4 Å². The smallest absolute Gasteiger partial charge is 0.137 e. The summed E-state index contributed by atoms with van der Waals surface area (Å²) >= 11 is 6.15. The van der Waals surface area contributed by atoms with Gasteiger partial charge in [0.25, 0.3) is 0 Å². The van der Waals surface area contributed by atoms with E-state index in [4.69, 9.17) is 16.3 Å². The molecule has 1 aromatic rings. The fraction of sp³-hybridized carbons (Fsp3) is 0.600. The zero-order valence-electron chi connectivity index (χ0n) is 11.9. The Labute approximate surface area is 125 Å². The maximum atomic E-state index is 10.3. The minimum atomic E-state index is -0.474. The molecule has 0 amide bonds. The summed E-state index contributed by atoms with van der Waals surface area (Å²) in [5, 5.41) is 14.1. The SMILES string of the molecule is CCOc1ccc(C(O)CCN2CCNCC2)cc1Cl. The van der Waals surface area contributed by atoms with Gasteiger partial charge in [-0.25, -0.2) is 0 Å². The molecule has 0 aliphatic carbocycles. The molecule has 1 heterocycles. The van der Waals surface area contributed by atoms with E-state index in [1.807, 2.05) is 19.1 Å². The van der Waals surface area contributed by atoms with Crippen LogP contribution in [0.2, 0.25) is 5.02 Å². The van der Waals surface area contributed by atoms with Crippen molar-refractivity contribution in [3.05, 3.63) is 28.8 Å². The third kappa shape index (κ3) is 4.35. The predicted octanol–water partition coefficient (Wildman–Crippen LogP) is 2.07. The molecule has 0 bridgehead atoms. The molecule has 0 saturated carbocycles. The number of aliphatic hydroxyl groups is 1. The number of ether oxygens (including phenoxy) is 1. The summed E-state index contributed by atoms with van der Waals surface area (Å²) in [5.74, 6) is 0.673. The Bertz CT molecular complexity index is 422. The number of nitrogens with zero attached hydrogens (tertiary/aromatic N) is 1. The van der Waals surface area contributed by atoms with Crippen LogP contribution < -0.4 is 10.1 Å². The molecule has 0 radical (unpaired) electrons. The first-order chi connectivity index (χ1) is 9.70. The van der Waals surface area contributed by atoms with Crippen LogP contribution in [0.1, 0.15) is 25.0 Å². The van der Waals surface area contributed by atoms with E-state index >= 15 is 0 Å². The number of benzene rings is 1. The molecule has 1 aliphatic rings. The van der Waals surface area contributed by atoms with Crippen LogP contribution in [0.3, 0.4) is 0 Å². The topological polar surface area (TPSA) is 44.7 Å². The van der Waals surface area contributed by atoms with Gasteiger partial charge in [0.15, 0.2) is 0 Å². The van der Waals surface area contributed by atoms with E-state index in [1.54, 1.807) is 6.07 Å². The molecular weight excluding hydrogens is 276 g/mol. The lowest BCUT2D eigenvalue weighted by Crippen LogP contribution is -2.44. The zero-order valence-corrected chi connectivity index (χ0v) is 12.7. The van der Waals surface area contributed by atoms with E-state index in [0.717, 1.165) is 44.7 Å². The largest absolute Gasteiger partial charge is 0.492 e. The number of rotatable bonds is 6. The second-order valence-corrected chi connectivity index (χ2v) is 5.43. The van der Waals surface area contributed by atoms with Crippen LogP contribution in [0.5, 0.6) is 5.75 Å². The zero-order chi connectivity index (χ0) is 14.4. The molecule has 1 fully saturated rings. The third-order valence-electron chi connectivity index (χ3n) is 3.57. The van der Waals surface area contributed by atoms with Crippen LogP contribution in [-0.2, 0) is 0 Å². The first-order valence-corrected chi connectivity index (χ1v) is 7.62. The third-order valence-corrected chi connectivity index (χ3v) is 3.86. The number of nitrogens with one attached hydrogen (secondary N) is 1. The predicted molar refractivity (Wildman–Crippen MR) is 81.5 cm³/mol. The summed E-state index contributed by atoms with van der Waals surface area (Å²) in [4.78, 5) is 2.37. The van der Waals surface area contributed by atoms with Crippen LogP contribution in [0, 0.1) is 0 Å².